The topological polar surface area (TPSA) is 75.7 Å². The highest BCUT2D eigenvalue weighted by Gasteiger charge is 2.70. The van der Waals surface area contributed by atoms with Gasteiger partial charge in [-0.05, 0) is 85.1 Å². The van der Waals surface area contributed by atoms with Crippen LogP contribution in [0, 0.1) is 5.92 Å². The maximum absolute atomic E-state index is 15.0. The first-order valence-corrected chi connectivity index (χ1v) is 15.2. The third-order valence-electron chi connectivity index (χ3n) is 8.83. The van der Waals surface area contributed by atoms with Crippen LogP contribution < -0.4 is 10.1 Å². The van der Waals surface area contributed by atoms with Gasteiger partial charge < -0.3 is 15.0 Å². The summed E-state index contributed by atoms with van der Waals surface area (Å²) in [6.07, 6.45) is 3.72. The molecule has 1 spiro atoms. The Morgan fingerprint density at radius 2 is 1.64 bits per heavy atom. The highest BCUT2D eigenvalue weighted by Crippen LogP contribution is 2.62. The molecule has 8 heteroatoms. The predicted molar refractivity (Wildman–Crippen MR) is 171 cm³/mol. The van der Waals surface area contributed by atoms with E-state index in [0.717, 1.165) is 11.1 Å². The van der Waals surface area contributed by atoms with Gasteiger partial charge in [0.1, 0.15) is 17.2 Å². The van der Waals surface area contributed by atoms with Crippen molar-refractivity contribution in [2.24, 2.45) is 5.92 Å². The van der Waals surface area contributed by atoms with E-state index in [0.29, 0.717) is 27.6 Å². The number of fused-ring (bicyclic) bond motifs is 6. The number of halogens is 2. The highest BCUT2D eigenvalue weighted by atomic mass is 35.5. The predicted octanol–water partition coefficient (Wildman–Crippen LogP) is 7.76. The van der Waals surface area contributed by atoms with Crippen LogP contribution >= 0.6 is 23.2 Å². The lowest BCUT2D eigenvalue weighted by Gasteiger charge is -2.38. The molecule has 0 aromatic heterocycles. The first kappa shape index (κ1) is 28.4. The SMILES string of the molecule is CC(C)Oc1ccc(C(=O)[C@@H]2[C@@H](C(=O)c3ccc(Cl)cc3Cl)N3C=Cc4ccccc4[C@@H]3[C@]23C(=O)Nc2ccccc23)cc1. The average molecular weight is 624 g/mol. The van der Waals surface area contributed by atoms with Crippen LogP contribution in [0.5, 0.6) is 5.75 Å². The van der Waals surface area contributed by atoms with Crippen molar-refractivity contribution in [3.8, 4) is 5.75 Å². The number of amides is 1. The number of carbonyl (C=O) groups is 3. The van der Waals surface area contributed by atoms with Gasteiger partial charge in [-0.15, -0.1) is 0 Å². The number of ketones is 2. The molecule has 1 N–H and O–H groups in total. The lowest BCUT2D eigenvalue weighted by atomic mass is 9.62. The van der Waals surface area contributed by atoms with E-state index >= 15 is 0 Å². The second-order valence-electron chi connectivity index (χ2n) is 11.6. The molecule has 4 atom stereocenters. The Bertz CT molecular complexity index is 1870. The van der Waals surface area contributed by atoms with Gasteiger partial charge in [0.05, 0.1) is 23.1 Å². The van der Waals surface area contributed by atoms with E-state index in [1.54, 1.807) is 36.4 Å². The van der Waals surface area contributed by atoms with E-state index in [-0.39, 0.29) is 34.2 Å². The molecule has 3 aliphatic heterocycles. The second-order valence-corrected chi connectivity index (χ2v) is 12.5. The number of carbonyl (C=O) groups excluding carboxylic acids is 3. The van der Waals surface area contributed by atoms with E-state index in [1.807, 2.05) is 79.6 Å². The van der Waals surface area contributed by atoms with Crippen molar-refractivity contribution in [1.29, 1.82) is 0 Å². The molecule has 0 bridgehead atoms. The summed E-state index contributed by atoms with van der Waals surface area (Å²) in [6.45, 7) is 3.86. The Morgan fingerprint density at radius 3 is 2.39 bits per heavy atom. The maximum atomic E-state index is 15.0. The van der Waals surface area contributed by atoms with Crippen LogP contribution in [0.25, 0.3) is 6.08 Å². The monoisotopic (exact) mass is 622 g/mol. The molecule has 0 radical (unpaired) electrons. The standard InChI is InChI=1S/C36H28Cl2N2O4/c1-20(2)44-24-14-11-22(12-15-24)32(41)30-31(33(42)26-16-13-23(37)19-28(26)38)40-18-17-21-7-3-4-8-25(21)34(40)36(30)27-9-5-6-10-29(27)39-35(36)43/h3-20,30-31,34H,1-2H3,(H,39,43)/t30-,31-,34+,36+/m0/s1. The van der Waals surface area contributed by atoms with Crippen molar-refractivity contribution in [2.75, 3.05) is 5.32 Å². The molecule has 0 unspecified atom stereocenters. The summed E-state index contributed by atoms with van der Waals surface area (Å²) in [6, 6.07) is 25.1. The third-order valence-corrected chi connectivity index (χ3v) is 9.38. The molecule has 1 saturated heterocycles. The summed E-state index contributed by atoms with van der Waals surface area (Å²) in [5.74, 6) is -1.50. The average Bonchev–Trinajstić information content (AvgIpc) is 3.49. The molecule has 0 saturated carbocycles. The summed E-state index contributed by atoms with van der Waals surface area (Å²) >= 11 is 12.8. The first-order chi connectivity index (χ1) is 21.2. The molecule has 0 aliphatic carbocycles. The van der Waals surface area contributed by atoms with Crippen LogP contribution in [0.2, 0.25) is 10.0 Å². The lowest BCUT2D eigenvalue weighted by molar-refractivity contribution is -0.122. The summed E-state index contributed by atoms with van der Waals surface area (Å²) in [7, 11) is 0. The fourth-order valence-electron chi connectivity index (χ4n) is 7.17. The number of anilines is 1. The smallest absolute Gasteiger partial charge is 0.238 e. The Balaban J connectivity index is 1.49. The minimum Gasteiger partial charge on any atom is -0.491 e. The van der Waals surface area contributed by atoms with Crippen LogP contribution in [0.4, 0.5) is 5.69 Å². The fraction of sp³-hybridized carbons (Fsp3) is 0.194. The minimum atomic E-state index is -1.43. The van der Waals surface area contributed by atoms with Crippen LogP contribution in [-0.4, -0.2) is 34.5 Å². The molecule has 4 aromatic rings. The molecule has 4 aromatic carbocycles. The number of Topliss-reactive ketones (excluding diaryl/α,β-unsaturated/α-hetero) is 2. The van der Waals surface area contributed by atoms with Crippen molar-refractivity contribution in [3.63, 3.8) is 0 Å². The molecule has 7 rings (SSSR count). The van der Waals surface area contributed by atoms with Crippen molar-refractivity contribution in [3.05, 3.63) is 135 Å². The molecule has 1 fully saturated rings. The van der Waals surface area contributed by atoms with E-state index in [4.69, 9.17) is 27.9 Å². The quantitative estimate of drug-likeness (QED) is 0.222. The number of hydrogen-bond donors (Lipinski definition) is 1. The number of rotatable bonds is 6. The van der Waals surface area contributed by atoms with E-state index in [1.165, 1.54) is 6.07 Å². The largest absolute Gasteiger partial charge is 0.491 e. The zero-order chi connectivity index (χ0) is 30.7. The van der Waals surface area contributed by atoms with Crippen molar-refractivity contribution < 1.29 is 19.1 Å². The Kier molecular flexibility index (Phi) is 6.87. The van der Waals surface area contributed by atoms with Gasteiger partial charge in [-0.3, -0.25) is 14.4 Å². The number of nitrogens with zero attached hydrogens (tertiary/aromatic N) is 1. The number of nitrogens with one attached hydrogen (secondary N) is 1. The number of benzene rings is 4. The van der Waals surface area contributed by atoms with E-state index in [9.17, 15) is 14.4 Å². The number of ether oxygens (including phenoxy) is 1. The minimum absolute atomic E-state index is 0.0396. The second kappa shape index (κ2) is 10.7. The van der Waals surface area contributed by atoms with E-state index in [2.05, 4.69) is 5.32 Å². The zero-order valence-corrected chi connectivity index (χ0v) is 25.5. The highest BCUT2D eigenvalue weighted by molar-refractivity contribution is 6.37. The number of para-hydroxylation sites is 1. The van der Waals surface area contributed by atoms with Crippen LogP contribution in [0.1, 0.15) is 57.3 Å². The Morgan fingerprint density at radius 1 is 0.909 bits per heavy atom. The first-order valence-electron chi connectivity index (χ1n) is 14.5. The Labute approximate surface area is 265 Å². The molecular formula is C36H28Cl2N2O4. The van der Waals surface area contributed by atoms with Crippen LogP contribution in [0.3, 0.4) is 0 Å². The van der Waals surface area contributed by atoms with Gasteiger partial charge >= 0.3 is 0 Å². The summed E-state index contributed by atoms with van der Waals surface area (Å²) in [5, 5.41) is 3.63. The molecule has 44 heavy (non-hydrogen) atoms. The van der Waals surface area contributed by atoms with Crippen molar-refractivity contribution >= 4 is 52.4 Å². The fourth-order valence-corrected chi connectivity index (χ4v) is 7.67. The van der Waals surface area contributed by atoms with Crippen LogP contribution in [-0.2, 0) is 10.2 Å². The van der Waals surface area contributed by atoms with Gasteiger partial charge in [0.15, 0.2) is 11.6 Å². The summed E-state index contributed by atoms with van der Waals surface area (Å²) in [4.78, 5) is 46.1. The van der Waals surface area contributed by atoms with Gasteiger partial charge in [-0.2, -0.15) is 0 Å². The van der Waals surface area contributed by atoms with Crippen molar-refractivity contribution in [2.45, 2.75) is 37.5 Å². The normalized spacial score (nSPS) is 22.9. The maximum Gasteiger partial charge on any atom is 0.238 e. The molecule has 220 valence electrons. The molecule has 3 aliphatic rings. The molecule has 6 nitrogen and oxygen atoms in total. The van der Waals surface area contributed by atoms with Crippen molar-refractivity contribution in [1.82, 2.24) is 4.90 Å². The summed E-state index contributed by atoms with van der Waals surface area (Å²) in [5.41, 5.74) is 2.26. The molecule has 3 heterocycles. The van der Waals surface area contributed by atoms with Gasteiger partial charge in [0.2, 0.25) is 5.91 Å². The summed E-state index contributed by atoms with van der Waals surface area (Å²) < 4.78 is 5.82. The van der Waals surface area contributed by atoms with Crippen LogP contribution in [0.15, 0.2) is 97.2 Å². The lowest BCUT2D eigenvalue weighted by Crippen LogP contribution is -2.49. The van der Waals surface area contributed by atoms with Gasteiger partial charge in [-0.1, -0.05) is 65.7 Å². The van der Waals surface area contributed by atoms with Gasteiger partial charge in [0, 0.05) is 28.0 Å². The third kappa shape index (κ3) is 4.20. The Hall–Kier alpha value is -4.39. The molecule has 1 amide bonds. The number of hydrogen-bond acceptors (Lipinski definition) is 5. The van der Waals surface area contributed by atoms with E-state index < -0.39 is 23.4 Å². The van der Waals surface area contributed by atoms with Gasteiger partial charge in [0.25, 0.3) is 0 Å². The zero-order valence-electron chi connectivity index (χ0n) is 24.0. The molecular weight excluding hydrogens is 595 g/mol. The van der Waals surface area contributed by atoms with Gasteiger partial charge in [-0.25, -0.2) is 0 Å².